The number of imidazole rings is 1. The zero-order chi connectivity index (χ0) is 32.0. The molecule has 1 aromatic heterocycles. The molecule has 7 atom stereocenters. The van der Waals surface area contributed by atoms with E-state index < -0.39 is 64.7 Å². The number of phosphoric ester groups is 2. The molecule has 1 aliphatic heterocycles. The molecule has 0 aromatic carbocycles. The first-order valence-corrected chi connectivity index (χ1v) is 16.3. The summed E-state index contributed by atoms with van der Waals surface area (Å²) < 4.78 is 46.6. The second-order valence-electron chi connectivity index (χ2n) is 10.9. The van der Waals surface area contributed by atoms with Crippen molar-refractivity contribution in [2.45, 2.75) is 72.4 Å². The molecule has 2 heterocycles. The van der Waals surface area contributed by atoms with E-state index in [-0.39, 0.29) is 24.8 Å². The monoisotopic (exact) mass is 639 g/mol. The number of carbonyl (C=O) groups excluding carboxylic acids is 2. The minimum Gasteiger partial charge on any atom is -0.383 e. The van der Waals surface area contributed by atoms with Crippen LogP contribution in [0.5, 0.6) is 0 Å². The number of ether oxygens (including phenoxy) is 1. The number of aliphatic hydroxyl groups is 1. The Morgan fingerprint density at radius 2 is 1.86 bits per heavy atom. The van der Waals surface area contributed by atoms with Crippen LogP contribution in [0.15, 0.2) is 6.33 Å². The number of carbonyl (C=O) groups is 2. The number of phosphoric acid groups is 2. The molecule has 1 aliphatic rings. The van der Waals surface area contributed by atoms with Crippen LogP contribution in [0, 0.1) is 11.3 Å². The molecule has 0 aliphatic carbocycles. The summed E-state index contributed by atoms with van der Waals surface area (Å²) in [6.07, 6.45) is -1.64. The van der Waals surface area contributed by atoms with Gasteiger partial charge in [0.1, 0.15) is 12.3 Å². The number of amides is 2. The minimum absolute atomic E-state index is 0.0102. The predicted molar refractivity (Wildman–Crippen MR) is 152 cm³/mol. The van der Waals surface area contributed by atoms with E-state index in [9.17, 15) is 33.6 Å². The van der Waals surface area contributed by atoms with Crippen LogP contribution in [0.2, 0.25) is 0 Å². The van der Waals surface area contributed by atoms with Crippen molar-refractivity contribution in [1.29, 1.82) is 0 Å². The minimum atomic E-state index is -5.21. The van der Waals surface area contributed by atoms with Crippen LogP contribution in [0.25, 0.3) is 12.2 Å². The maximum Gasteiger partial charge on any atom is 0.481 e. The van der Waals surface area contributed by atoms with E-state index in [0.717, 1.165) is 5.57 Å². The van der Waals surface area contributed by atoms with Gasteiger partial charge in [0, 0.05) is 36.9 Å². The van der Waals surface area contributed by atoms with Gasteiger partial charge in [0.15, 0.2) is 0 Å². The summed E-state index contributed by atoms with van der Waals surface area (Å²) in [6.45, 7) is 13.2. The number of nitrogens with zero attached hydrogens (tertiary/aromatic N) is 2. The Labute approximate surface area is 244 Å². The predicted octanol–water partition coefficient (Wildman–Crippen LogP) is -0.375. The Bertz CT molecular complexity index is 1320. The van der Waals surface area contributed by atoms with Gasteiger partial charge in [-0.05, 0) is 26.3 Å². The fourth-order valence-electron chi connectivity index (χ4n) is 4.12. The van der Waals surface area contributed by atoms with Crippen LogP contribution in [-0.4, -0.2) is 80.8 Å². The molecule has 0 saturated carbocycles. The first-order chi connectivity index (χ1) is 19.3. The van der Waals surface area contributed by atoms with Gasteiger partial charge in [-0.3, -0.25) is 18.6 Å². The van der Waals surface area contributed by atoms with E-state index in [2.05, 4.69) is 26.5 Å². The van der Waals surface area contributed by atoms with E-state index in [1.165, 1.54) is 13.8 Å². The third-order valence-corrected chi connectivity index (χ3v) is 9.25. The molecule has 1 fully saturated rings. The van der Waals surface area contributed by atoms with Crippen molar-refractivity contribution in [1.82, 2.24) is 20.2 Å². The SMILES string of the molecule is C=c1c(=C(C)C)ncn1C1OC(COP(=O)(O)OP(=O)(O)OCC(C)(C)C(O)C(=O)NCCC(=O)NCC)C(N)C1C. The highest BCUT2D eigenvalue weighted by Crippen LogP contribution is 2.61. The van der Waals surface area contributed by atoms with Crippen molar-refractivity contribution in [3.8, 4) is 0 Å². The summed E-state index contributed by atoms with van der Waals surface area (Å²) in [4.78, 5) is 48.2. The third-order valence-electron chi connectivity index (χ3n) is 6.67. The maximum atomic E-state index is 12.5. The molecule has 7 unspecified atom stereocenters. The molecule has 2 amide bonds. The maximum absolute atomic E-state index is 12.5. The number of nitrogens with two attached hydrogens (primary N) is 1. The van der Waals surface area contributed by atoms with Crippen molar-refractivity contribution in [2.24, 2.45) is 17.1 Å². The number of hydrogen-bond donors (Lipinski definition) is 6. The zero-order valence-electron chi connectivity index (χ0n) is 24.7. The lowest BCUT2D eigenvalue weighted by Crippen LogP contribution is -2.46. The van der Waals surface area contributed by atoms with Crippen LogP contribution >= 0.6 is 15.6 Å². The molecule has 18 heteroatoms. The number of nitrogens with one attached hydrogen (secondary N) is 2. The topological polar surface area (TPSA) is 234 Å². The highest BCUT2D eigenvalue weighted by Gasteiger charge is 2.44. The highest BCUT2D eigenvalue weighted by atomic mass is 31.3. The summed E-state index contributed by atoms with van der Waals surface area (Å²) in [6, 6.07) is -0.640. The lowest BCUT2D eigenvalue weighted by molar-refractivity contribution is -0.137. The number of aliphatic hydroxyl groups excluding tert-OH is 1. The van der Waals surface area contributed by atoms with E-state index >= 15 is 0 Å². The molecule has 240 valence electrons. The Morgan fingerprint density at radius 3 is 2.43 bits per heavy atom. The van der Waals surface area contributed by atoms with Gasteiger partial charge in [0.25, 0.3) is 0 Å². The molecule has 7 N–H and O–H groups in total. The van der Waals surface area contributed by atoms with Crippen molar-refractivity contribution >= 4 is 39.6 Å². The van der Waals surface area contributed by atoms with Crippen LogP contribution in [0.4, 0.5) is 0 Å². The van der Waals surface area contributed by atoms with Crippen molar-refractivity contribution in [3.63, 3.8) is 0 Å². The molecule has 0 spiro atoms. The van der Waals surface area contributed by atoms with Gasteiger partial charge in [-0.1, -0.05) is 27.4 Å². The third kappa shape index (κ3) is 9.78. The summed E-state index contributed by atoms with van der Waals surface area (Å²) in [7, 11) is -10.4. The van der Waals surface area contributed by atoms with Gasteiger partial charge in [-0.2, -0.15) is 4.31 Å². The second kappa shape index (κ2) is 14.7. The molecule has 2 rings (SSSR count). The Morgan fingerprint density at radius 1 is 1.24 bits per heavy atom. The van der Waals surface area contributed by atoms with Crippen LogP contribution in [0.1, 0.15) is 54.2 Å². The summed E-state index contributed by atoms with van der Waals surface area (Å²) in [5.74, 6) is -1.41. The van der Waals surface area contributed by atoms with Gasteiger partial charge >= 0.3 is 15.6 Å². The molecule has 0 radical (unpaired) electrons. The van der Waals surface area contributed by atoms with Gasteiger partial charge in [0.2, 0.25) is 11.8 Å². The molecular formula is C24H43N5O11P2. The number of rotatable bonds is 15. The second-order valence-corrected chi connectivity index (χ2v) is 14.0. The fourth-order valence-corrected chi connectivity index (χ4v) is 6.37. The van der Waals surface area contributed by atoms with Crippen LogP contribution in [0.3, 0.4) is 0 Å². The van der Waals surface area contributed by atoms with Gasteiger partial charge in [0.05, 0.1) is 36.3 Å². The molecule has 42 heavy (non-hydrogen) atoms. The van der Waals surface area contributed by atoms with E-state index in [0.29, 0.717) is 17.2 Å². The molecule has 1 aromatic rings. The van der Waals surface area contributed by atoms with Gasteiger partial charge < -0.3 is 40.6 Å². The Balaban J connectivity index is 1.92. The molecule has 0 bridgehead atoms. The van der Waals surface area contributed by atoms with Crippen molar-refractivity contribution in [3.05, 3.63) is 17.0 Å². The first kappa shape index (κ1) is 36.2. The Hall–Kier alpha value is -1.97. The van der Waals surface area contributed by atoms with E-state index in [1.807, 2.05) is 20.8 Å². The van der Waals surface area contributed by atoms with Gasteiger partial charge in [-0.25, -0.2) is 14.1 Å². The highest BCUT2D eigenvalue weighted by molar-refractivity contribution is 7.61. The van der Waals surface area contributed by atoms with Crippen molar-refractivity contribution < 1.29 is 51.7 Å². The van der Waals surface area contributed by atoms with Crippen LogP contribution in [-0.2, 0) is 36.8 Å². The molecular weight excluding hydrogens is 596 g/mol. The van der Waals surface area contributed by atoms with Crippen LogP contribution < -0.4 is 27.1 Å². The lowest BCUT2D eigenvalue weighted by atomic mass is 9.87. The summed E-state index contributed by atoms with van der Waals surface area (Å²) in [5, 5.41) is 16.6. The lowest BCUT2D eigenvalue weighted by Gasteiger charge is -2.30. The first-order valence-electron chi connectivity index (χ1n) is 13.3. The number of hydrogen-bond acceptors (Lipinski definition) is 11. The Kier molecular flexibility index (Phi) is 12.7. The molecule has 1 saturated heterocycles. The zero-order valence-corrected chi connectivity index (χ0v) is 26.5. The quantitative estimate of drug-likeness (QED) is 0.135. The fraction of sp³-hybridized carbons (Fsp3) is 0.708. The average Bonchev–Trinajstić information content (AvgIpc) is 3.39. The van der Waals surface area contributed by atoms with E-state index in [4.69, 9.17) is 19.5 Å². The average molecular weight is 640 g/mol. The number of aromatic nitrogens is 2. The van der Waals surface area contributed by atoms with E-state index in [1.54, 1.807) is 17.8 Å². The van der Waals surface area contributed by atoms with Crippen molar-refractivity contribution in [2.75, 3.05) is 26.3 Å². The normalized spacial score (nSPS) is 24.4. The largest absolute Gasteiger partial charge is 0.481 e. The molecule has 16 nitrogen and oxygen atoms in total. The smallest absolute Gasteiger partial charge is 0.383 e. The summed E-state index contributed by atoms with van der Waals surface area (Å²) >= 11 is 0. The van der Waals surface area contributed by atoms with Gasteiger partial charge in [-0.15, -0.1) is 0 Å². The summed E-state index contributed by atoms with van der Waals surface area (Å²) in [5.41, 5.74) is 5.76. The standard InChI is InChI=1S/C24H43N5O11P2/c1-8-26-18(30)9-10-27-22(32)21(31)24(6,7)12-38-42(35,36)40-41(33,34)37-11-17-19(25)15(4)23(39-17)29-13-28-20(14(2)3)16(29)5/h13,15,17,19,21,23,31H,5,8-12,25H2,1-4,6-7H3,(H,26,30)(H,27,32)(H,33,34)(H,35,36).